The number of imidazole rings is 1. The largest absolute Gasteiger partial charge is 0.496 e. The SMILES string of the molecule is CCOc1ccnc2[nH]c(=O)n(-c3ccc4ncc(C5CC5)c(OC)c4c3)c12. The van der Waals surface area contributed by atoms with E-state index in [4.69, 9.17) is 9.47 Å². The molecule has 1 fully saturated rings. The van der Waals surface area contributed by atoms with Crippen molar-refractivity contribution in [2.75, 3.05) is 13.7 Å². The van der Waals surface area contributed by atoms with Gasteiger partial charge < -0.3 is 9.47 Å². The summed E-state index contributed by atoms with van der Waals surface area (Å²) in [5.41, 5.74) is 3.54. The molecule has 1 N–H and O–H groups in total. The van der Waals surface area contributed by atoms with E-state index in [1.807, 2.05) is 31.3 Å². The van der Waals surface area contributed by atoms with Gasteiger partial charge in [0.1, 0.15) is 17.0 Å². The van der Waals surface area contributed by atoms with Crippen molar-refractivity contribution in [1.29, 1.82) is 0 Å². The van der Waals surface area contributed by atoms with Crippen LogP contribution in [0.4, 0.5) is 0 Å². The first-order valence-electron chi connectivity index (χ1n) is 9.40. The molecule has 142 valence electrons. The van der Waals surface area contributed by atoms with Crippen molar-refractivity contribution in [2.24, 2.45) is 0 Å². The topological polar surface area (TPSA) is 82.0 Å². The van der Waals surface area contributed by atoms with E-state index < -0.39 is 0 Å². The highest BCUT2D eigenvalue weighted by atomic mass is 16.5. The number of hydrogen-bond acceptors (Lipinski definition) is 5. The number of H-pyrrole nitrogens is 1. The molecule has 0 radical (unpaired) electrons. The van der Waals surface area contributed by atoms with Gasteiger partial charge in [0.25, 0.3) is 0 Å². The summed E-state index contributed by atoms with van der Waals surface area (Å²) >= 11 is 0. The lowest BCUT2D eigenvalue weighted by molar-refractivity contribution is 0.343. The maximum Gasteiger partial charge on any atom is 0.332 e. The van der Waals surface area contributed by atoms with Crippen molar-refractivity contribution in [2.45, 2.75) is 25.7 Å². The van der Waals surface area contributed by atoms with Gasteiger partial charge in [-0.25, -0.2) is 9.78 Å². The zero-order valence-electron chi connectivity index (χ0n) is 15.7. The molecule has 0 saturated heterocycles. The van der Waals surface area contributed by atoms with Crippen molar-refractivity contribution in [3.8, 4) is 17.2 Å². The van der Waals surface area contributed by atoms with Crippen LogP contribution in [0.2, 0.25) is 0 Å². The molecular weight excluding hydrogens is 356 g/mol. The smallest absolute Gasteiger partial charge is 0.332 e. The van der Waals surface area contributed by atoms with Gasteiger partial charge >= 0.3 is 5.69 Å². The third-order valence-electron chi connectivity index (χ3n) is 5.15. The van der Waals surface area contributed by atoms with Crippen LogP contribution in [-0.2, 0) is 0 Å². The molecule has 7 nitrogen and oxygen atoms in total. The van der Waals surface area contributed by atoms with Gasteiger partial charge in [-0.1, -0.05) is 0 Å². The zero-order valence-corrected chi connectivity index (χ0v) is 15.7. The Bertz CT molecular complexity index is 1250. The maximum atomic E-state index is 12.7. The maximum absolute atomic E-state index is 12.7. The molecule has 0 unspecified atom stereocenters. The van der Waals surface area contributed by atoms with Crippen LogP contribution in [0, 0.1) is 0 Å². The van der Waals surface area contributed by atoms with Crippen molar-refractivity contribution in [3.63, 3.8) is 0 Å². The summed E-state index contributed by atoms with van der Waals surface area (Å²) in [6.07, 6.45) is 5.86. The average molecular weight is 376 g/mol. The number of benzene rings is 1. The molecule has 3 aromatic heterocycles. The van der Waals surface area contributed by atoms with Crippen LogP contribution < -0.4 is 15.2 Å². The lowest BCUT2D eigenvalue weighted by Crippen LogP contribution is -2.15. The molecule has 0 bridgehead atoms. The summed E-state index contributed by atoms with van der Waals surface area (Å²) < 4.78 is 13.1. The van der Waals surface area contributed by atoms with Gasteiger partial charge in [-0.05, 0) is 43.9 Å². The number of aromatic amines is 1. The van der Waals surface area contributed by atoms with Gasteiger partial charge in [-0.15, -0.1) is 0 Å². The van der Waals surface area contributed by atoms with Crippen molar-refractivity contribution in [1.82, 2.24) is 19.5 Å². The van der Waals surface area contributed by atoms with Crippen LogP contribution in [0.15, 0.2) is 41.5 Å². The quantitative estimate of drug-likeness (QED) is 0.576. The van der Waals surface area contributed by atoms with Crippen molar-refractivity contribution >= 4 is 22.1 Å². The molecule has 28 heavy (non-hydrogen) atoms. The molecule has 1 saturated carbocycles. The van der Waals surface area contributed by atoms with E-state index in [2.05, 4.69) is 15.0 Å². The number of ether oxygens (including phenoxy) is 2. The first-order chi connectivity index (χ1) is 13.7. The number of hydrogen-bond donors (Lipinski definition) is 1. The highest BCUT2D eigenvalue weighted by Crippen LogP contribution is 2.46. The van der Waals surface area contributed by atoms with Crippen molar-refractivity contribution in [3.05, 3.63) is 52.7 Å². The molecule has 3 heterocycles. The van der Waals surface area contributed by atoms with E-state index in [-0.39, 0.29) is 5.69 Å². The Labute approximate surface area is 161 Å². The molecule has 0 amide bonds. The minimum absolute atomic E-state index is 0.265. The summed E-state index contributed by atoms with van der Waals surface area (Å²) in [4.78, 5) is 24.4. The van der Waals surface area contributed by atoms with Gasteiger partial charge in [0, 0.05) is 29.4 Å². The first kappa shape index (κ1) is 16.8. The fourth-order valence-corrected chi connectivity index (χ4v) is 3.74. The minimum atomic E-state index is -0.265. The van der Waals surface area contributed by atoms with E-state index in [1.54, 1.807) is 23.9 Å². The predicted molar refractivity (Wildman–Crippen MR) is 107 cm³/mol. The Morgan fingerprint density at radius 1 is 1.25 bits per heavy atom. The van der Waals surface area contributed by atoms with Gasteiger partial charge in [-0.3, -0.25) is 14.5 Å². The second-order valence-corrected chi connectivity index (χ2v) is 6.93. The summed E-state index contributed by atoms with van der Waals surface area (Å²) in [6, 6.07) is 7.50. The van der Waals surface area contributed by atoms with Crippen LogP contribution in [0.3, 0.4) is 0 Å². The van der Waals surface area contributed by atoms with E-state index in [9.17, 15) is 4.79 Å². The molecule has 0 atom stereocenters. The Balaban J connectivity index is 1.78. The van der Waals surface area contributed by atoms with E-state index in [1.165, 1.54) is 0 Å². The summed E-state index contributed by atoms with van der Waals surface area (Å²) in [5, 5.41) is 0.896. The fourth-order valence-electron chi connectivity index (χ4n) is 3.74. The minimum Gasteiger partial charge on any atom is -0.496 e. The number of fused-ring (bicyclic) bond motifs is 2. The van der Waals surface area contributed by atoms with Crippen LogP contribution >= 0.6 is 0 Å². The molecule has 1 aromatic carbocycles. The lowest BCUT2D eigenvalue weighted by atomic mass is 10.1. The van der Waals surface area contributed by atoms with Gasteiger partial charge in [0.05, 0.1) is 24.9 Å². The third kappa shape index (κ3) is 2.54. The van der Waals surface area contributed by atoms with Crippen LogP contribution in [0.1, 0.15) is 31.2 Å². The number of rotatable bonds is 5. The lowest BCUT2D eigenvalue weighted by Gasteiger charge is -2.13. The Morgan fingerprint density at radius 3 is 2.86 bits per heavy atom. The third-order valence-corrected chi connectivity index (χ3v) is 5.15. The average Bonchev–Trinajstić information content (AvgIpc) is 3.49. The monoisotopic (exact) mass is 376 g/mol. The number of methoxy groups -OCH3 is 1. The molecule has 0 aliphatic heterocycles. The van der Waals surface area contributed by atoms with E-state index in [0.717, 1.165) is 35.1 Å². The Morgan fingerprint density at radius 2 is 2.11 bits per heavy atom. The standard InChI is InChI=1S/C21H20N4O3/c1-3-28-17-8-9-22-20-18(17)25(21(26)24-20)13-6-7-16-14(10-13)19(27-2)15(11-23-16)12-4-5-12/h6-12H,3-5H2,1-2H3,(H,22,24,26). The van der Waals surface area contributed by atoms with Gasteiger partial charge in [0.15, 0.2) is 5.65 Å². The predicted octanol–water partition coefficient (Wildman–Crippen LogP) is 3.55. The Hall–Kier alpha value is -3.35. The molecule has 0 spiro atoms. The van der Waals surface area contributed by atoms with Crippen LogP contribution in [0.25, 0.3) is 27.8 Å². The number of nitrogens with zero attached hydrogens (tertiary/aromatic N) is 3. The zero-order chi connectivity index (χ0) is 19.3. The molecular formula is C21H20N4O3. The first-order valence-corrected chi connectivity index (χ1v) is 9.40. The molecule has 4 aromatic rings. The molecule has 1 aliphatic rings. The summed E-state index contributed by atoms with van der Waals surface area (Å²) in [5.74, 6) is 1.97. The van der Waals surface area contributed by atoms with Crippen LogP contribution in [0.5, 0.6) is 11.5 Å². The van der Waals surface area contributed by atoms with Crippen molar-refractivity contribution < 1.29 is 9.47 Å². The summed E-state index contributed by atoms with van der Waals surface area (Å²) in [6.45, 7) is 2.41. The Kier molecular flexibility index (Phi) is 3.82. The number of nitrogens with one attached hydrogen (secondary N) is 1. The molecule has 7 heteroatoms. The number of pyridine rings is 2. The fraction of sp³-hybridized carbons (Fsp3) is 0.286. The molecule has 1 aliphatic carbocycles. The number of aromatic nitrogens is 4. The second kappa shape index (κ2) is 6.37. The summed E-state index contributed by atoms with van der Waals surface area (Å²) in [7, 11) is 1.68. The molecule has 5 rings (SSSR count). The van der Waals surface area contributed by atoms with Crippen LogP contribution in [-0.4, -0.2) is 33.2 Å². The normalized spacial score (nSPS) is 13.9. The highest BCUT2D eigenvalue weighted by molar-refractivity contribution is 5.89. The van der Waals surface area contributed by atoms with Gasteiger partial charge in [0.2, 0.25) is 0 Å². The highest BCUT2D eigenvalue weighted by Gasteiger charge is 2.28. The van der Waals surface area contributed by atoms with E-state index >= 15 is 0 Å². The van der Waals surface area contributed by atoms with E-state index in [0.29, 0.717) is 35.1 Å². The second-order valence-electron chi connectivity index (χ2n) is 6.93. The van der Waals surface area contributed by atoms with Gasteiger partial charge in [-0.2, -0.15) is 0 Å².